The predicted molar refractivity (Wildman–Crippen MR) is 104 cm³/mol. The molecule has 0 unspecified atom stereocenters. The molecule has 1 saturated heterocycles. The summed E-state index contributed by atoms with van der Waals surface area (Å²) in [5, 5.41) is 16.2. The molecular formula is C19H24N6OS. The summed E-state index contributed by atoms with van der Waals surface area (Å²) in [4.78, 5) is 18.8. The van der Waals surface area contributed by atoms with Crippen LogP contribution in [-0.4, -0.2) is 48.7 Å². The van der Waals surface area contributed by atoms with E-state index in [-0.39, 0.29) is 17.2 Å². The smallest absolute Gasteiger partial charge is 0.273 e. The highest BCUT2D eigenvalue weighted by Gasteiger charge is 2.29. The third-order valence-electron chi connectivity index (χ3n) is 5.04. The maximum atomic E-state index is 12.6. The van der Waals surface area contributed by atoms with Gasteiger partial charge in [-0.25, -0.2) is 4.98 Å². The van der Waals surface area contributed by atoms with Gasteiger partial charge in [0.25, 0.3) is 5.91 Å². The molecule has 1 fully saturated rings. The van der Waals surface area contributed by atoms with Gasteiger partial charge in [0.05, 0.1) is 10.7 Å². The lowest BCUT2D eigenvalue weighted by Crippen LogP contribution is -2.38. The van der Waals surface area contributed by atoms with Crippen molar-refractivity contribution in [3.63, 3.8) is 0 Å². The van der Waals surface area contributed by atoms with Crippen molar-refractivity contribution in [2.45, 2.75) is 51.9 Å². The van der Waals surface area contributed by atoms with Gasteiger partial charge in [-0.15, -0.1) is 21.5 Å². The summed E-state index contributed by atoms with van der Waals surface area (Å²) in [6.45, 7) is 9.77. The second-order valence-electron chi connectivity index (χ2n) is 8.12. The third kappa shape index (κ3) is 3.45. The van der Waals surface area contributed by atoms with E-state index in [1.807, 2.05) is 33.9 Å². The molecule has 1 aliphatic rings. The first-order chi connectivity index (χ1) is 12.8. The molecule has 0 radical (unpaired) electrons. The fraction of sp³-hybridized carbons (Fsp3) is 0.526. The first-order valence-corrected chi connectivity index (χ1v) is 10.1. The van der Waals surface area contributed by atoms with E-state index in [1.165, 1.54) is 11.3 Å². The number of aromatic nitrogens is 5. The van der Waals surface area contributed by atoms with Crippen LogP contribution in [0.15, 0.2) is 17.5 Å². The van der Waals surface area contributed by atoms with Gasteiger partial charge in [0.15, 0.2) is 11.5 Å². The van der Waals surface area contributed by atoms with Crippen molar-refractivity contribution in [3.05, 3.63) is 39.7 Å². The summed E-state index contributed by atoms with van der Waals surface area (Å²) in [6.07, 6.45) is 1.72. The van der Waals surface area contributed by atoms with Crippen molar-refractivity contribution in [1.82, 2.24) is 29.7 Å². The summed E-state index contributed by atoms with van der Waals surface area (Å²) in [5.41, 5.74) is 2.31. The van der Waals surface area contributed by atoms with E-state index < -0.39 is 0 Å². The Morgan fingerprint density at radius 3 is 2.56 bits per heavy atom. The number of fused-ring (bicyclic) bond motifs is 1. The highest BCUT2D eigenvalue weighted by atomic mass is 32.1. The Hall–Kier alpha value is -2.35. The summed E-state index contributed by atoms with van der Waals surface area (Å²) in [6, 6.07) is 4.00. The lowest BCUT2D eigenvalue weighted by atomic mass is 9.92. The molecule has 0 N–H and O–H groups in total. The van der Waals surface area contributed by atoms with Crippen LogP contribution in [0.25, 0.3) is 5.65 Å². The van der Waals surface area contributed by atoms with Crippen LogP contribution in [0.4, 0.5) is 0 Å². The van der Waals surface area contributed by atoms with Crippen LogP contribution in [0.5, 0.6) is 0 Å². The lowest BCUT2D eigenvalue weighted by Gasteiger charge is -2.30. The SMILES string of the molecule is Cc1nc(C(=O)N2CCC(c3nnc4ccc(C(C)(C)C)nn34)CC2)cs1. The van der Waals surface area contributed by atoms with Crippen LogP contribution in [-0.2, 0) is 5.41 Å². The number of piperidine rings is 1. The number of thiazole rings is 1. The number of carbonyl (C=O) groups is 1. The molecule has 0 atom stereocenters. The monoisotopic (exact) mass is 384 g/mol. The lowest BCUT2D eigenvalue weighted by molar-refractivity contribution is 0.0705. The Balaban J connectivity index is 1.52. The summed E-state index contributed by atoms with van der Waals surface area (Å²) in [5.74, 6) is 1.17. The topological polar surface area (TPSA) is 76.3 Å². The normalized spacial score (nSPS) is 16.2. The van der Waals surface area contributed by atoms with E-state index in [0.717, 1.165) is 35.0 Å². The molecule has 3 aromatic heterocycles. The molecule has 0 aromatic carbocycles. The largest absolute Gasteiger partial charge is 0.337 e. The standard InChI is InChI=1S/C19H24N6OS/c1-12-20-14(11-27-12)18(26)24-9-7-13(8-10-24)17-22-21-16-6-5-15(19(2,3)4)23-25(16)17/h5-6,11,13H,7-10H2,1-4H3. The van der Waals surface area contributed by atoms with Gasteiger partial charge in [0.1, 0.15) is 5.69 Å². The quantitative estimate of drug-likeness (QED) is 0.678. The number of aryl methyl sites for hydroxylation is 1. The molecule has 0 bridgehead atoms. The molecule has 1 aliphatic heterocycles. The molecule has 7 nitrogen and oxygen atoms in total. The minimum absolute atomic E-state index is 0.0250. The van der Waals surface area contributed by atoms with Gasteiger partial charge < -0.3 is 4.90 Å². The van der Waals surface area contributed by atoms with E-state index in [0.29, 0.717) is 18.8 Å². The molecule has 0 aliphatic carbocycles. The number of carbonyl (C=O) groups excluding carboxylic acids is 1. The van der Waals surface area contributed by atoms with Crippen LogP contribution in [0.2, 0.25) is 0 Å². The van der Waals surface area contributed by atoms with Crippen LogP contribution >= 0.6 is 11.3 Å². The van der Waals surface area contributed by atoms with Gasteiger partial charge >= 0.3 is 0 Å². The highest BCUT2D eigenvalue weighted by Crippen LogP contribution is 2.28. The van der Waals surface area contributed by atoms with Crippen molar-refractivity contribution in [3.8, 4) is 0 Å². The van der Waals surface area contributed by atoms with Gasteiger partial charge in [-0.1, -0.05) is 20.8 Å². The van der Waals surface area contributed by atoms with Crippen LogP contribution in [0.1, 0.15) is 66.5 Å². The summed E-state index contributed by atoms with van der Waals surface area (Å²) >= 11 is 1.51. The highest BCUT2D eigenvalue weighted by molar-refractivity contribution is 7.09. The maximum absolute atomic E-state index is 12.6. The Morgan fingerprint density at radius 2 is 1.93 bits per heavy atom. The zero-order valence-electron chi connectivity index (χ0n) is 16.1. The second kappa shape index (κ2) is 6.67. The van der Waals surface area contributed by atoms with Gasteiger partial charge in [0, 0.05) is 29.8 Å². The van der Waals surface area contributed by atoms with Crippen molar-refractivity contribution < 1.29 is 4.79 Å². The van der Waals surface area contributed by atoms with Crippen molar-refractivity contribution >= 4 is 22.9 Å². The van der Waals surface area contributed by atoms with Crippen LogP contribution in [0.3, 0.4) is 0 Å². The average molecular weight is 385 g/mol. The zero-order chi connectivity index (χ0) is 19.2. The Morgan fingerprint density at radius 1 is 1.19 bits per heavy atom. The number of rotatable bonds is 2. The average Bonchev–Trinajstić information content (AvgIpc) is 3.26. The first kappa shape index (κ1) is 18.0. The van der Waals surface area contributed by atoms with E-state index in [1.54, 1.807) is 0 Å². The Kier molecular flexibility index (Phi) is 4.46. The number of hydrogen-bond acceptors (Lipinski definition) is 6. The minimum Gasteiger partial charge on any atom is -0.337 e. The number of hydrogen-bond donors (Lipinski definition) is 0. The molecule has 3 aromatic rings. The van der Waals surface area contributed by atoms with E-state index in [2.05, 4.69) is 36.0 Å². The van der Waals surface area contributed by atoms with Gasteiger partial charge in [0.2, 0.25) is 0 Å². The molecule has 4 heterocycles. The fourth-order valence-corrected chi connectivity index (χ4v) is 4.01. The predicted octanol–water partition coefficient (Wildman–Crippen LogP) is 3.21. The molecule has 27 heavy (non-hydrogen) atoms. The van der Waals surface area contributed by atoms with Gasteiger partial charge in [-0.3, -0.25) is 4.79 Å². The summed E-state index contributed by atoms with van der Waals surface area (Å²) in [7, 11) is 0. The molecule has 8 heteroatoms. The first-order valence-electron chi connectivity index (χ1n) is 9.27. The van der Waals surface area contributed by atoms with Gasteiger partial charge in [-0.2, -0.15) is 9.61 Å². The third-order valence-corrected chi connectivity index (χ3v) is 5.81. The molecule has 142 valence electrons. The van der Waals surface area contributed by atoms with E-state index in [9.17, 15) is 4.79 Å². The number of likely N-dealkylation sites (tertiary alicyclic amines) is 1. The molecule has 4 rings (SSSR count). The van der Waals surface area contributed by atoms with E-state index >= 15 is 0 Å². The van der Waals surface area contributed by atoms with Crippen molar-refractivity contribution in [2.75, 3.05) is 13.1 Å². The minimum atomic E-state index is -0.0306. The molecular weight excluding hydrogens is 360 g/mol. The van der Waals surface area contributed by atoms with Crippen LogP contribution < -0.4 is 0 Å². The zero-order valence-corrected chi connectivity index (χ0v) is 17.0. The molecule has 0 saturated carbocycles. The van der Waals surface area contributed by atoms with Crippen molar-refractivity contribution in [2.24, 2.45) is 0 Å². The van der Waals surface area contributed by atoms with Crippen LogP contribution in [0, 0.1) is 6.92 Å². The molecule has 0 spiro atoms. The second-order valence-corrected chi connectivity index (χ2v) is 9.18. The Labute approximate surface area is 162 Å². The van der Waals surface area contributed by atoms with Crippen molar-refractivity contribution in [1.29, 1.82) is 0 Å². The van der Waals surface area contributed by atoms with E-state index in [4.69, 9.17) is 5.10 Å². The number of nitrogens with zero attached hydrogens (tertiary/aromatic N) is 6. The van der Waals surface area contributed by atoms with Gasteiger partial charge in [-0.05, 0) is 31.9 Å². The fourth-order valence-electron chi connectivity index (χ4n) is 3.42. The Bertz CT molecular complexity index is 978. The maximum Gasteiger partial charge on any atom is 0.273 e. The number of amides is 1. The summed E-state index contributed by atoms with van der Waals surface area (Å²) < 4.78 is 1.88. The molecule has 1 amide bonds.